The van der Waals surface area contributed by atoms with Gasteiger partial charge >= 0.3 is 0 Å². The minimum Gasteiger partial charge on any atom is -0.508 e. The Labute approximate surface area is 157 Å². The molecule has 1 aliphatic rings. The first-order chi connectivity index (χ1) is 13.0. The molecule has 2 aromatic rings. The van der Waals surface area contributed by atoms with Crippen molar-refractivity contribution in [1.29, 1.82) is 0 Å². The van der Waals surface area contributed by atoms with Crippen LogP contribution in [-0.2, 0) is 17.6 Å². The Morgan fingerprint density at radius 2 is 1.33 bits per heavy atom. The Morgan fingerprint density at radius 1 is 0.778 bits per heavy atom. The van der Waals surface area contributed by atoms with Gasteiger partial charge in [-0.05, 0) is 48.2 Å². The predicted octanol–water partition coefficient (Wildman–Crippen LogP) is 0.356. The summed E-state index contributed by atoms with van der Waals surface area (Å²) in [5, 5.41) is 48.1. The maximum Gasteiger partial charge on any atom is 0.229 e. The van der Waals surface area contributed by atoms with Crippen molar-refractivity contribution in [1.82, 2.24) is 0 Å². The van der Waals surface area contributed by atoms with Gasteiger partial charge in [0.15, 0.2) is 0 Å². The fourth-order valence-corrected chi connectivity index (χ4v) is 2.98. The van der Waals surface area contributed by atoms with E-state index in [0.717, 1.165) is 24.0 Å². The lowest BCUT2D eigenvalue weighted by Crippen LogP contribution is -2.60. The zero-order valence-electron chi connectivity index (χ0n) is 14.7. The molecular weight excluding hydrogens is 352 g/mol. The summed E-state index contributed by atoms with van der Waals surface area (Å²) in [7, 11) is 0. The molecule has 3 rings (SSSR count). The van der Waals surface area contributed by atoms with Gasteiger partial charge in [0.05, 0.1) is 6.61 Å². The third-order valence-corrected chi connectivity index (χ3v) is 4.66. The Bertz CT molecular complexity index is 714. The normalized spacial score (nSPS) is 28.1. The van der Waals surface area contributed by atoms with Gasteiger partial charge in [-0.1, -0.05) is 24.3 Å². The number of hydrogen-bond donors (Lipinski definition) is 5. The second-order valence-electron chi connectivity index (χ2n) is 6.63. The molecule has 146 valence electrons. The minimum atomic E-state index is -1.47. The first-order valence-corrected chi connectivity index (χ1v) is 8.82. The van der Waals surface area contributed by atoms with Crippen LogP contribution < -0.4 is 4.74 Å². The number of rotatable bonds is 6. The van der Waals surface area contributed by atoms with Crippen LogP contribution in [0.15, 0.2) is 48.5 Å². The molecule has 1 heterocycles. The SMILES string of the molecule is OC[C@H]1O[C@@H](Oc2ccc(CCc3ccc(O)cc3)cc2)[C@H](O)[C@@H](O)[C@@H]1O. The van der Waals surface area contributed by atoms with Gasteiger partial charge in [-0.15, -0.1) is 0 Å². The van der Waals surface area contributed by atoms with E-state index in [9.17, 15) is 25.5 Å². The van der Waals surface area contributed by atoms with E-state index in [1.165, 1.54) is 0 Å². The summed E-state index contributed by atoms with van der Waals surface area (Å²) in [6, 6.07) is 14.3. The van der Waals surface area contributed by atoms with E-state index >= 15 is 0 Å². The van der Waals surface area contributed by atoms with E-state index in [-0.39, 0.29) is 5.75 Å². The van der Waals surface area contributed by atoms with E-state index in [0.29, 0.717) is 5.75 Å². The molecule has 0 radical (unpaired) electrons. The number of phenols is 1. The first-order valence-electron chi connectivity index (χ1n) is 8.82. The molecule has 5 N–H and O–H groups in total. The highest BCUT2D eigenvalue weighted by Crippen LogP contribution is 2.24. The number of hydrogen-bond acceptors (Lipinski definition) is 7. The number of ether oxygens (including phenoxy) is 2. The van der Waals surface area contributed by atoms with Gasteiger partial charge in [-0.3, -0.25) is 0 Å². The summed E-state index contributed by atoms with van der Waals surface area (Å²) in [4.78, 5) is 0. The maximum absolute atomic E-state index is 10.0. The monoisotopic (exact) mass is 376 g/mol. The molecule has 7 nitrogen and oxygen atoms in total. The Hall–Kier alpha value is -2.16. The topological polar surface area (TPSA) is 120 Å². The van der Waals surface area contributed by atoms with Crippen LogP contribution in [0.1, 0.15) is 11.1 Å². The number of aliphatic hydroxyl groups is 4. The molecule has 27 heavy (non-hydrogen) atoms. The summed E-state index contributed by atoms with van der Waals surface area (Å²) in [6.07, 6.45) is -4.87. The smallest absolute Gasteiger partial charge is 0.229 e. The molecule has 0 amide bonds. The van der Waals surface area contributed by atoms with E-state index in [1.807, 2.05) is 24.3 Å². The van der Waals surface area contributed by atoms with Crippen LogP contribution in [0.25, 0.3) is 0 Å². The van der Waals surface area contributed by atoms with E-state index in [1.54, 1.807) is 24.3 Å². The highest BCUT2D eigenvalue weighted by molar-refractivity contribution is 5.30. The standard InChI is InChI=1S/C20H24O7/c21-11-16-17(23)18(24)19(25)20(27-16)26-15-9-5-13(6-10-15)2-1-12-3-7-14(22)8-4-12/h3-10,16-25H,1-2,11H2/t16-,17-,18+,19-,20-/m1/s1. The highest BCUT2D eigenvalue weighted by atomic mass is 16.7. The van der Waals surface area contributed by atoms with Crippen molar-refractivity contribution in [2.45, 2.75) is 43.5 Å². The molecule has 7 heteroatoms. The molecule has 0 unspecified atom stereocenters. The molecule has 1 fully saturated rings. The molecule has 1 aliphatic heterocycles. The number of phenolic OH excluding ortho intramolecular Hbond substituents is 1. The average molecular weight is 376 g/mol. The molecule has 0 bridgehead atoms. The Morgan fingerprint density at radius 3 is 1.89 bits per heavy atom. The fourth-order valence-electron chi connectivity index (χ4n) is 2.98. The van der Waals surface area contributed by atoms with Crippen LogP contribution in [-0.4, -0.2) is 62.8 Å². The number of aliphatic hydroxyl groups excluding tert-OH is 4. The van der Waals surface area contributed by atoms with Crippen molar-refractivity contribution in [3.63, 3.8) is 0 Å². The van der Waals surface area contributed by atoms with Crippen molar-refractivity contribution in [3.8, 4) is 11.5 Å². The molecule has 0 saturated carbocycles. The van der Waals surface area contributed by atoms with Crippen LogP contribution in [0.2, 0.25) is 0 Å². The first kappa shape index (κ1) is 19.6. The quantitative estimate of drug-likeness (QED) is 0.494. The second kappa shape index (κ2) is 8.69. The van der Waals surface area contributed by atoms with Gasteiger partial charge in [-0.2, -0.15) is 0 Å². The Balaban J connectivity index is 1.57. The minimum absolute atomic E-state index is 0.244. The number of benzene rings is 2. The molecule has 1 saturated heterocycles. The third-order valence-electron chi connectivity index (χ3n) is 4.66. The zero-order valence-corrected chi connectivity index (χ0v) is 14.7. The highest BCUT2D eigenvalue weighted by Gasteiger charge is 2.44. The van der Waals surface area contributed by atoms with Gasteiger partial charge in [0, 0.05) is 0 Å². The number of aromatic hydroxyl groups is 1. The second-order valence-corrected chi connectivity index (χ2v) is 6.63. The van der Waals surface area contributed by atoms with Crippen molar-refractivity contribution in [2.75, 3.05) is 6.61 Å². The molecule has 0 spiro atoms. The van der Waals surface area contributed by atoms with Crippen molar-refractivity contribution < 1.29 is 35.0 Å². The molecule has 0 aromatic heterocycles. The molecule has 5 atom stereocenters. The van der Waals surface area contributed by atoms with Crippen molar-refractivity contribution >= 4 is 0 Å². The maximum atomic E-state index is 10.0. The van der Waals surface area contributed by atoms with Gasteiger partial charge in [0.2, 0.25) is 6.29 Å². The van der Waals surface area contributed by atoms with Crippen LogP contribution in [0.3, 0.4) is 0 Å². The van der Waals surface area contributed by atoms with Crippen molar-refractivity contribution in [2.24, 2.45) is 0 Å². The third kappa shape index (κ3) is 4.77. The zero-order chi connectivity index (χ0) is 19.4. The summed E-state index contributed by atoms with van der Waals surface area (Å²) < 4.78 is 10.9. The lowest BCUT2D eigenvalue weighted by atomic mass is 9.99. The van der Waals surface area contributed by atoms with Crippen LogP contribution >= 0.6 is 0 Å². The van der Waals surface area contributed by atoms with Gasteiger partial charge < -0.3 is 35.0 Å². The summed E-state index contributed by atoms with van der Waals surface area (Å²) in [6.45, 7) is -0.499. The fraction of sp³-hybridized carbons (Fsp3) is 0.400. The van der Waals surface area contributed by atoms with E-state index < -0.39 is 37.3 Å². The van der Waals surface area contributed by atoms with Crippen LogP contribution in [0, 0.1) is 0 Å². The van der Waals surface area contributed by atoms with Crippen molar-refractivity contribution in [3.05, 3.63) is 59.7 Å². The largest absolute Gasteiger partial charge is 0.508 e. The van der Waals surface area contributed by atoms with Gasteiger partial charge in [-0.25, -0.2) is 0 Å². The van der Waals surface area contributed by atoms with Gasteiger partial charge in [0.1, 0.15) is 35.9 Å². The molecule has 2 aromatic carbocycles. The molecular formula is C20H24O7. The van der Waals surface area contributed by atoms with Crippen LogP contribution in [0.5, 0.6) is 11.5 Å². The summed E-state index contributed by atoms with van der Waals surface area (Å²) in [5.74, 6) is 0.682. The van der Waals surface area contributed by atoms with Crippen LogP contribution in [0.4, 0.5) is 0 Å². The number of aryl methyl sites for hydroxylation is 2. The molecule has 0 aliphatic carbocycles. The summed E-state index contributed by atoms with van der Waals surface area (Å²) >= 11 is 0. The average Bonchev–Trinajstić information content (AvgIpc) is 2.69. The predicted molar refractivity (Wildman–Crippen MR) is 96.4 cm³/mol. The lowest BCUT2D eigenvalue weighted by Gasteiger charge is -2.39. The summed E-state index contributed by atoms with van der Waals surface area (Å²) in [5.41, 5.74) is 2.21. The lowest BCUT2D eigenvalue weighted by molar-refractivity contribution is -0.277. The van der Waals surface area contributed by atoms with Gasteiger partial charge in [0.25, 0.3) is 0 Å². The van der Waals surface area contributed by atoms with E-state index in [2.05, 4.69) is 0 Å². The Kier molecular flexibility index (Phi) is 6.30. The van der Waals surface area contributed by atoms with E-state index in [4.69, 9.17) is 9.47 Å².